The smallest absolute Gasteiger partial charge is 0.289 e. The van der Waals surface area contributed by atoms with E-state index in [2.05, 4.69) is 60.2 Å². The molecule has 1 aliphatic rings. The van der Waals surface area contributed by atoms with E-state index in [0.29, 0.717) is 11.6 Å². The molecule has 5 heteroatoms. The Hall–Kier alpha value is -2.69. The van der Waals surface area contributed by atoms with Gasteiger partial charge in [0.2, 0.25) is 0 Å². The number of fused-ring (bicyclic) bond motifs is 1. The maximum Gasteiger partial charge on any atom is 0.289 e. The van der Waals surface area contributed by atoms with Gasteiger partial charge in [0.1, 0.15) is 5.69 Å². The number of amides is 1. The average molecular weight is 350 g/mol. The number of carbonyl (C=O) groups is 1. The van der Waals surface area contributed by atoms with Crippen LogP contribution in [0.3, 0.4) is 0 Å². The highest BCUT2D eigenvalue weighted by atomic mass is 16.2. The van der Waals surface area contributed by atoms with Crippen LogP contribution in [0.1, 0.15) is 61.6 Å². The van der Waals surface area contributed by atoms with Gasteiger partial charge in [-0.25, -0.2) is 5.43 Å². The molecule has 1 aromatic carbocycles. The normalized spacial score (nSPS) is 18.6. The van der Waals surface area contributed by atoms with Gasteiger partial charge in [-0.05, 0) is 68.5 Å². The molecular weight excluding hydrogens is 324 g/mol. The van der Waals surface area contributed by atoms with Crippen molar-refractivity contribution in [1.82, 2.24) is 10.4 Å². The molecule has 0 spiro atoms. The quantitative estimate of drug-likeness (QED) is 0.671. The van der Waals surface area contributed by atoms with Crippen molar-refractivity contribution in [2.24, 2.45) is 5.10 Å². The Morgan fingerprint density at radius 3 is 2.88 bits per heavy atom. The first-order chi connectivity index (χ1) is 12.4. The molecule has 1 aromatic heterocycles. The van der Waals surface area contributed by atoms with Crippen LogP contribution in [0.4, 0.5) is 5.69 Å². The number of carbonyl (C=O) groups excluding carboxylic acids is 1. The van der Waals surface area contributed by atoms with E-state index in [1.54, 1.807) is 30.6 Å². The maximum absolute atomic E-state index is 12.0. The van der Waals surface area contributed by atoms with Gasteiger partial charge >= 0.3 is 0 Å². The lowest BCUT2D eigenvalue weighted by atomic mass is 9.79. The van der Waals surface area contributed by atoms with Crippen LogP contribution in [0.25, 0.3) is 0 Å². The Morgan fingerprint density at radius 1 is 1.38 bits per heavy atom. The van der Waals surface area contributed by atoms with Crippen LogP contribution in [-0.4, -0.2) is 29.2 Å². The fourth-order valence-corrected chi connectivity index (χ4v) is 3.91. The Balaban J connectivity index is 1.77. The molecule has 0 radical (unpaired) electrons. The molecule has 0 fully saturated rings. The van der Waals surface area contributed by atoms with E-state index >= 15 is 0 Å². The molecule has 0 saturated carbocycles. The second-order valence-corrected chi connectivity index (χ2v) is 7.39. The van der Waals surface area contributed by atoms with Crippen LogP contribution in [0.15, 0.2) is 47.7 Å². The lowest BCUT2D eigenvalue weighted by molar-refractivity contribution is 0.0950. The molecule has 1 aliphatic heterocycles. The number of anilines is 1. The van der Waals surface area contributed by atoms with Crippen molar-refractivity contribution in [2.45, 2.75) is 45.6 Å². The van der Waals surface area contributed by atoms with Gasteiger partial charge in [0, 0.05) is 24.0 Å². The van der Waals surface area contributed by atoms with Crippen molar-refractivity contribution in [3.8, 4) is 0 Å². The topological polar surface area (TPSA) is 57.6 Å². The molecule has 136 valence electrons. The van der Waals surface area contributed by atoms with Gasteiger partial charge in [0.15, 0.2) is 0 Å². The van der Waals surface area contributed by atoms with Crippen LogP contribution < -0.4 is 10.3 Å². The second-order valence-electron chi connectivity index (χ2n) is 7.39. The zero-order chi connectivity index (χ0) is 18.7. The van der Waals surface area contributed by atoms with Gasteiger partial charge in [-0.2, -0.15) is 5.10 Å². The zero-order valence-corrected chi connectivity index (χ0v) is 15.9. The minimum Gasteiger partial charge on any atom is -0.366 e. The first-order valence-electron chi connectivity index (χ1n) is 9.08. The summed E-state index contributed by atoms with van der Waals surface area (Å²) in [6.45, 7) is 10.1. The van der Waals surface area contributed by atoms with Gasteiger partial charge in [-0.3, -0.25) is 9.78 Å². The van der Waals surface area contributed by atoms with Gasteiger partial charge in [-0.1, -0.05) is 19.1 Å². The van der Waals surface area contributed by atoms with E-state index in [4.69, 9.17) is 0 Å². The van der Waals surface area contributed by atoms with Crippen molar-refractivity contribution in [3.05, 3.63) is 59.4 Å². The highest BCUT2D eigenvalue weighted by Gasteiger charge is 2.35. The van der Waals surface area contributed by atoms with E-state index < -0.39 is 0 Å². The minimum absolute atomic E-state index is 0.160. The van der Waals surface area contributed by atoms with E-state index in [9.17, 15) is 4.79 Å². The molecule has 1 amide bonds. The van der Waals surface area contributed by atoms with Gasteiger partial charge < -0.3 is 4.90 Å². The predicted molar refractivity (Wildman–Crippen MR) is 106 cm³/mol. The average Bonchev–Trinajstić information content (AvgIpc) is 2.62. The number of hydrogen-bond acceptors (Lipinski definition) is 4. The van der Waals surface area contributed by atoms with Crippen molar-refractivity contribution >= 4 is 17.8 Å². The third-order valence-electron chi connectivity index (χ3n) is 5.00. The van der Waals surface area contributed by atoms with Gasteiger partial charge in [-0.15, -0.1) is 0 Å². The van der Waals surface area contributed by atoms with E-state index in [-0.39, 0.29) is 11.4 Å². The number of aromatic nitrogens is 1. The highest BCUT2D eigenvalue weighted by Crippen LogP contribution is 2.43. The summed E-state index contributed by atoms with van der Waals surface area (Å²) in [5.41, 5.74) is 6.66. The number of hydrogen-bond donors (Lipinski definition) is 1. The predicted octanol–water partition coefficient (Wildman–Crippen LogP) is 3.96. The number of pyridine rings is 1. The number of nitrogens with zero attached hydrogens (tertiary/aromatic N) is 3. The van der Waals surface area contributed by atoms with Crippen molar-refractivity contribution in [3.63, 3.8) is 0 Å². The summed E-state index contributed by atoms with van der Waals surface area (Å²) < 4.78 is 0. The Kier molecular flexibility index (Phi) is 5.07. The summed E-state index contributed by atoms with van der Waals surface area (Å²) in [5, 5.41) is 4.08. The molecule has 0 bridgehead atoms. The van der Waals surface area contributed by atoms with E-state index in [1.807, 2.05) is 6.07 Å². The van der Waals surface area contributed by atoms with E-state index in [0.717, 1.165) is 18.5 Å². The fraction of sp³-hybridized carbons (Fsp3) is 0.381. The maximum atomic E-state index is 12.0. The molecule has 0 unspecified atom stereocenters. The van der Waals surface area contributed by atoms with Crippen LogP contribution in [0.5, 0.6) is 0 Å². The molecule has 0 saturated heterocycles. The molecule has 3 rings (SSSR count). The molecule has 0 aliphatic carbocycles. The van der Waals surface area contributed by atoms with Crippen molar-refractivity contribution in [2.75, 3.05) is 11.4 Å². The van der Waals surface area contributed by atoms with Crippen LogP contribution >= 0.6 is 0 Å². The zero-order valence-electron chi connectivity index (χ0n) is 15.9. The number of hydrazone groups is 1. The van der Waals surface area contributed by atoms with Crippen molar-refractivity contribution < 1.29 is 4.79 Å². The number of rotatable bonds is 4. The summed E-state index contributed by atoms with van der Waals surface area (Å²) in [6.07, 6.45) is 4.39. The first-order valence-corrected chi connectivity index (χ1v) is 9.08. The largest absolute Gasteiger partial charge is 0.366 e. The van der Waals surface area contributed by atoms with Crippen molar-refractivity contribution in [1.29, 1.82) is 0 Å². The van der Waals surface area contributed by atoms with Crippen LogP contribution in [0, 0.1) is 0 Å². The molecular formula is C21H26N4O. The summed E-state index contributed by atoms with van der Waals surface area (Å²) >= 11 is 0. The van der Waals surface area contributed by atoms with Gasteiger partial charge in [0.05, 0.1) is 6.21 Å². The SMILES string of the molecule is CCN1c2ccc(/C=N\NC(=O)c3ccccn3)cc2[C@H](C)CC1(C)C. The molecule has 26 heavy (non-hydrogen) atoms. The molecule has 2 aromatic rings. The fourth-order valence-electron chi connectivity index (χ4n) is 3.91. The second kappa shape index (κ2) is 7.28. The summed E-state index contributed by atoms with van der Waals surface area (Å²) in [5.74, 6) is 0.173. The Labute approximate surface area is 155 Å². The standard InChI is InChI=1S/C21H26N4O/c1-5-25-19-10-9-16(12-17(19)15(2)13-21(25,3)4)14-23-24-20(26)18-8-6-7-11-22-18/h6-12,14-15H,5,13H2,1-4H3,(H,24,26)/b23-14-/t15-/m1/s1. The summed E-state index contributed by atoms with van der Waals surface area (Å²) in [7, 11) is 0. The molecule has 1 atom stereocenters. The van der Waals surface area contributed by atoms with Crippen LogP contribution in [0.2, 0.25) is 0 Å². The monoisotopic (exact) mass is 350 g/mol. The Morgan fingerprint density at radius 2 is 2.19 bits per heavy atom. The third-order valence-corrected chi connectivity index (χ3v) is 5.00. The molecule has 2 heterocycles. The van der Waals surface area contributed by atoms with Crippen LogP contribution in [-0.2, 0) is 0 Å². The number of benzene rings is 1. The molecule has 5 nitrogen and oxygen atoms in total. The molecule has 1 N–H and O–H groups in total. The highest BCUT2D eigenvalue weighted by molar-refractivity contribution is 5.93. The number of nitrogens with one attached hydrogen (secondary N) is 1. The summed E-state index contributed by atoms with van der Waals surface area (Å²) in [4.78, 5) is 18.5. The summed E-state index contributed by atoms with van der Waals surface area (Å²) in [6, 6.07) is 11.6. The minimum atomic E-state index is -0.313. The van der Waals surface area contributed by atoms with E-state index in [1.165, 1.54) is 11.3 Å². The lowest BCUT2D eigenvalue weighted by Crippen LogP contribution is -2.48. The first kappa shape index (κ1) is 18.1. The third kappa shape index (κ3) is 3.62. The Bertz CT molecular complexity index is 814. The van der Waals surface area contributed by atoms with Gasteiger partial charge in [0.25, 0.3) is 5.91 Å². The lowest BCUT2D eigenvalue weighted by Gasteiger charge is -2.47.